The van der Waals surface area contributed by atoms with Crippen LogP contribution in [0.25, 0.3) is 0 Å². The summed E-state index contributed by atoms with van der Waals surface area (Å²) in [6, 6.07) is 12.6. The third-order valence-electron chi connectivity index (χ3n) is 5.30. The minimum Gasteiger partial charge on any atom is -0.446 e. The van der Waals surface area contributed by atoms with Gasteiger partial charge in [-0.25, -0.2) is 4.79 Å². The van der Waals surface area contributed by atoms with Crippen LogP contribution in [0.2, 0.25) is 0 Å². The van der Waals surface area contributed by atoms with Crippen molar-refractivity contribution in [3.63, 3.8) is 0 Å². The smallest absolute Gasteiger partial charge is 0.330 e. The molecule has 1 N–H and O–H groups in total. The van der Waals surface area contributed by atoms with Crippen LogP contribution in [0.1, 0.15) is 57.7 Å². The highest BCUT2D eigenvalue weighted by atomic mass is 16.5. The summed E-state index contributed by atoms with van der Waals surface area (Å²) in [4.78, 5) is 52.0. The van der Waals surface area contributed by atoms with Gasteiger partial charge in [0.25, 0.3) is 17.7 Å². The Morgan fingerprint density at radius 2 is 1.70 bits per heavy atom. The van der Waals surface area contributed by atoms with Gasteiger partial charge in [0.2, 0.25) is 6.10 Å². The van der Waals surface area contributed by atoms with E-state index in [9.17, 15) is 19.2 Å². The predicted octanol–water partition coefficient (Wildman–Crippen LogP) is 2.54. The molecular weight excluding hydrogens is 384 g/mol. The lowest BCUT2D eigenvalue weighted by atomic mass is 10.1. The Labute approximate surface area is 174 Å². The van der Waals surface area contributed by atoms with Crippen molar-refractivity contribution in [2.45, 2.75) is 44.9 Å². The Morgan fingerprint density at radius 3 is 2.37 bits per heavy atom. The number of imide groups is 1. The number of rotatable bonds is 6. The molecule has 1 saturated carbocycles. The molecule has 1 fully saturated rings. The average molecular weight is 406 g/mol. The van der Waals surface area contributed by atoms with Gasteiger partial charge in [-0.1, -0.05) is 42.0 Å². The number of benzene rings is 2. The minimum atomic E-state index is -1.17. The molecule has 7 heteroatoms. The summed E-state index contributed by atoms with van der Waals surface area (Å²) in [7, 11) is 0. The summed E-state index contributed by atoms with van der Waals surface area (Å²) in [5, 5.41) is 2.84. The molecule has 154 valence electrons. The summed E-state index contributed by atoms with van der Waals surface area (Å²) in [5.74, 6) is -2.32. The van der Waals surface area contributed by atoms with Gasteiger partial charge in [0.15, 0.2) is 0 Å². The van der Waals surface area contributed by atoms with Crippen LogP contribution in [0.5, 0.6) is 0 Å². The number of hydrogen-bond acceptors (Lipinski definition) is 5. The third-order valence-corrected chi connectivity index (χ3v) is 5.30. The van der Waals surface area contributed by atoms with E-state index in [0.717, 1.165) is 23.3 Å². The monoisotopic (exact) mass is 406 g/mol. The van der Waals surface area contributed by atoms with Gasteiger partial charge in [-0.3, -0.25) is 19.3 Å². The second kappa shape index (κ2) is 7.74. The maximum atomic E-state index is 12.9. The molecule has 2 aromatic rings. The van der Waals surface area contributed by atoms with Gasteiger partial charge in [0, 0.05) is 11.6 Å². The number of fused-ring (bicyclic) bond motifs is 1. The van der Waals surface area contributed by atoms with E-state index in [4.69, 9.17) is 4.74 Å². The largest absolute Gasteiger partial charge is 0.446 e. The third kappa shape index (κ3) is 3.70. The Kier molecular flexibility index (Phi) is 5.11. The zero-order chi connectivity index (χ0) is 21.4. The van der Waals surface area contributed by atoms with Crippen LogP contribution in [0.15, 0.2) is 48.5 Å². The first-order chi connectivity index (χ1) is 14.4. The number of esters is 1. The summed E-state index contributed by atoms with van der Waals surface area (Å²) in [6.07, 6.45) is 0.636. The van der Waals surface area contributed by atoms with Crippen molar-refractivity contribution in [3.8, 4) is 0 Å². The summed E-state index contributed by atoms with van der Waals surface area (Å²) in [6.45, 7) is 3.25. The second-order valence-corrected chi connectivity index (χ2v) is 7.72. The van der Waals surface area contributed by atoms with E-state index in [1.54, 1.807) is 48.5 Å². The molecule has 2 aromatic carbocycles. The minimum absolute atomic E-state index is 0.0966. The molecule has 3 amide bonds. The van der Waals surface area contributed by atoms with Crippen molar-refractivity contribution >= 4 is 23.7 Å². The van der Waals surface area contributed by atoms with Gasteiger partial charge >= 0.3 is 5.97 Å². The normalized spacial score (nSPS) is 17.3. The SMILES string of the molecule is Cc1ccc2c(c1)C(=O)N([C@H](C)C(=O)O[C@H](C(=O)NC1CC1)c1ccccc1)C2=O. The molecular formula is C23H22N2O5. The van der Waals surface area contributed by atoms with Crippen LogP contribution in [-0.2, 0) is 14.3 Å². The summed E-state index contributed by atoms with van der Waals surface area (Å²) < 4.78 is 5.52. The molecule has 0 spiro atoms. The molecule has 30 heavy (non-hydrogen) atoms. The molecule has 2 atom stereocenters. The fourth-order valence-electron chi connectivity index (χ4n) is 3.45. The number of hydrogen-bond donors (Lipinski definition) is 1. The van der Waals surface area contributed by atoms with E-state index in [1.807, 2.05) is 6.92 Å². The van der Waals surface area contributed by atoms with Gasteiger partial charge in [-0.2, -0.15) is 0 Å². The zero-order valence-electron chi connectivity index (χ0n) is 16.8. The topological polar surface area (TPSA) is 92.8 Å². The summed E-state index contributed by atoms with van der Waals surface area (Å²) >= 11 is 0. The highest BCUT2D eigenvalue weighted by Gasteiger charge is 2.42. The lowest BCUT2D eigenvalue weighted by Crippen LogP contribution is -2.45. The Morgan fingerprint density at radius 1 is 1.03 bits per heavy atom. The van der Waals surface area contributed by atoms with Gasteiger partial charge in [0.05, 0.1) is 11.1 Å². The van der Waals surface area contributed by atoms with Gasteiger partial charge in [0.1, 0.15) is 6.04 Å². The van der Waals surface area contributed by atoms with Crippen LogP contribution in [0, 0.1) is 6.92 Å². The van der Waals surface area contributed by atoms with Crippen LogP contribution in [0.4, 0.5) is 0 Å². The van der Waals surface area contributed by atoms with Crippen molar-refractivity contribution in [1.82, 2.24) is 10.2 Å². The highest BCUT2D eigenvalue weighted by molar-refractivity contribution is 6.22. The predicted molar refractivity (Wildman–Crippen MR) is 108 cm³/mol. The first-order valence-electron chi connectivity index (χ1n) is 9.91. The zero-order valence-corrected chi connectivity index (χ0v) is 16.8. The van der Waals surface area contributed by atoms with E-state index in [1.165, 1.54) is 6.92 Å². The van der Waals surface area contributed by atoms with E-state index < -0.39 is 35.8 Å². The standard InChI is InChI=1S/C23H22N2O5/c1-13-8-11-17-18(12-13)22(28)25(21(17)27)14(2)23(29)30-19(15-6-4-3-5-7-15)20(26)24-16-9-10-16/h3-8,11-12,14,16,19H,9-10H2,1-2H3,(H,24,26)/t14-,19+/m1/s1. The molecule has 0 saturated heterocycles. The fraction of sp³-hybridized carbons (Fsp3) is 0.304. The van der Waals surface area contributed by atoms with Crippen LogP contribution in [0.3, 0.4) is 0 Å². The van der Waals surface area contributed by atoms with E-state index in [0.29, 0.717) is 5.56 Å². The van der Waals surface area contributed by atoms with E-state index in [2.05, 4.69) is 5.32 Å². The van der Waals surface area contributed by atoms with Gasteiger partial charge in [-0.15, -0.1) is 0 Å². The number of nitrogens with one attached hydrogen (secondary N) is 1. The Balaban J connectivity index is 1.54. The molecule has 4 rings (SSSR count). The molecule has 1 aliphatic heterocycles. The van der Waals surface area contributed by atoms with Gasteiger partial charge < -0.3 is 10.1 Å². The Hall–Kier alpha value is -3.48. The molecule has 1 heterocycles. The second-order valence-electron chi connectivity index (χ2n) is 7.72. The summed E-state index contributed by atoms with van der Waals surface area (Å²) in [5.41, 5.74) is 1.89. The van der Waals surface area contributed by atoms with Crippen molar-refractivity contribution in [2.75, 3.05) is 0 Å². The first-order valence-corrected chi connectivity index (χ1v) is 9.91. The highest BCUT2D eigenvalue weighted by Crippen LogP contribution is 2.28. The molecule has 0 unspecified atom stereocenters. The van der Waals surface area contributed by atoms with Crippen molar-refractivity contribution < 1.29 is 23.9 Å². The van der Waals surface area contributed by atoms with Gasteiger partial charge in [-0.05, 0) is 38.8 Å². The number of nitrogens with zero attached hydrogens (tertiary/aromatic N) is 1. The number of carbonyl (C=O) groups is 4. The molecule has 0 bridgehead atoms. The Bertz CT molecular complexity index is 1030. The quantitative estimate of drug-likeness (QED) is 0.588. The number of ether oxygens (including phenoxy) is 1. The molecule has 2 aliphatic rings. The lowest BCUT2D eigenvalue weighted by Gasteiger charge is -2.24. The molecule has 0 radical (unpaired) electrons. The average Bonchev–Trinajstić information content (AvgIpc) is 3.51. The maximum Gasteiger partial charge on any atom is 0.330 e. The van der Waals surface area contributed by atoms with Crippen LogP contribution >= 0.6 is 0 Å². The fourth-order valence-corrected chi connectivity index (χ4v) is 3.45. The first kappa shape index (κ1) is 19.8. The maximum absolute atomic E-state index is 12.9. The number of carbonyl (C=O) groups excluding carboxylic acids is 4. The van der Waals surface area contributed by atoms with Crippen molar-refractivity contribution in [1.29, 1.82) is 0 Å². The lowest BCUT2D eigenvalue weighted by molar-refractivity contribution is -0.159. The number of amides is 3. The van der Waals surface area contributed by atoms with E-state index in [-0.39, 0.29) is 17.2 Å². The molecule has 0 aromatic heterocycles. The van der Waals surface area contributed by atoms with E-state index >= 15 is 0 Å². The number of aryl methyl sites for hydroxylation is 1. The molecule has 1 aliphatic carbocycles. The van der Waals surface area contributed by atoms with Crippen LogP contribution < -0.4 is 5.32 Å². The van der Waals surface area contributed by atoms with Crippen molar-refractivity contribution in [3.05, 3.63) is 70.8 Å². The van der Waals surface area contributed by atoms with Crippen LogP contribution in [-0.4, -0.2) is 40.7 Å². The molecule has 7 nitrogen and oxygen atoms in total. The van der Waals surface area contributed by atoms with Crippen molar-refractivity contribution in [2.24, 2.45) is 0 Å².